The van der Waals surface area contributed by atoms with Gasteiger partial charge in [0.05, 0.1) is 5.56 Å². The average molecular weight is 391 g/mol. The zero-order valence-corrected chi connectivity index (χ0v) is 15.0. The Morgan fingerprint density at radius 1 is 1.11 bits per heavy atom. The Kier molecular flexibility index (Phi) is 5.13. The van der Waals surface area contributed by atoms with E-state index >= 15 is 0 Å². The number of rotatable bonds is 4. The van der Waals surface area contributed by atoms with E-state index in [0.717, 1.165) is 23.3 Å². The Morgan fingerprint density at radius 2 is 1.86 bits per heavy atom. The van der Waals surface area contributed by atoms with Crippen LogP contribution in [0.4, 0.5) is 18.9 Å². The monoisotopic (exact) mass is 391 g/mol. The van der Waals surface area contributed by atoms with Crippen LogP contribution >= 0.6 is 0 Å². The number of hydrogen-bond donors (Lipinski definition) is 1. The topological polar surface area (TPSA) is 68.5 Å². The molecule has 28 heavy (non-hydrogen) atoms. The number of halogens is 3. The van der Waals surface area contributed by atoms with Gasteiger partial charge in [-0.05, 0) is 37.6 Å². The fourth-order valence-corrected chi connectivity index (χ4v) is 2.76. The molecule has 0 bridgehead atoms. The minimum atomic E-state index is -4.69. The summed E-state index contributed by atoms with van der Waals surface area (Å²) in [6, 6.07) is 9.51. The minimum absolute atomic E-state index is 0.103. The van der Waals surface area contributed by atoms with Crippen LogP contribution in [0.15, 0.2) is 51.7 Å². The van der Waals surface area contributed by atoms with Gasteiger partial charge in [0.15, 0.2) is 6.61 Å². The molecule has 5 nitrogen and oxygen atoms in total. The zero-order valence-electron chi connectivity index (χ0n) is 15.0. The number of hydrogen-bond acceptors (Lipinski definition) is 4. The highest BCUT2D eigenvalue weighted by Gasteiger charge is 2.33. The molecule has 0 radical (unpaired) electrons. The lowest BCUT2D eigenvalue weighted by atomic mass is 10.1. The molecule has 0 atom stereocenters. The van der Waals surface area contributed by atoms with Crippen LogP contribution in [-0.4, -0.2) is 12.5 Å². The minimum Gasteiger partial charge on any atom is -0.484 e. The lowest BCUT2D eigenvalue weighted by Gasteiger charge is -2.12. The van der Waals surface area contributed by atoms with Crippen molar-refractivity contribution in [3.8, 4) is 5.75 Å². The first-order chi connectivity index (χ1) is 13.1. The molecular weight excluding hydrogens is 375 g/mol. The third kappa shape index (κ3) is 4.33. The van der Waals surface area contributed by atoms with Crippen molar-refractivity contribution in [3.05, 3.63) is 69.6 Å². The molecule has 1 N–H and O–H groups in total. The third-order valence-corrected chi connectivity index (χ3v) is 4.05. The van der Waals surface area contributed by atoms with E-state index in [4.69, 9.17) is 9.15 Å². The molecular formula is C20H16F3NO4. The van der Waals surface area contributed by atoms with Gasteiger partial charge < -0.3 is 14.5 Å². The van der Waals surface area contributed by atoms with E-state index in [9.17, 15) is 22.8 Å². The number of ether oxygens (including phenoxy) is 1. The van der Waals surface area contributed by atoms with Gasteiger partial charge in [0, 0.05) is 23.2 Å². The number of anilines is 1. The molecule has 2 aromatic carbocycles. The van der Waals surface area contributed by atoms with Crippen molar-refractivity contribution in [1.29, 1.82) is 0 Å². The molecule has 0 fully saturated rings. The first-order valence-electron chi connectivity index (χ1n) is 8.28. The van der Waals surface area contributed by atoms with Gasteiger partial charge in [-0.25, -0.2) is 4.79 Å². The summed E-state index contributed by atoms with van der Waals surface area (Å²) in [4.78, 5) is 23.5. The number of aryl methyl sites for hydroxylation is 2. The standard InChI is InChI=1S/C20H16F3NO4/c1-11-3-6-16(12(2)7-11)24-18(25)10-27-13-4-5-14-15(20(21,22)23)9-19(26)28-17(14)8-13/h3-9H,10H2,1-2H3,(H,24,25). The van der Waals surface area contributed by atoms with Crippen molar-refractivity contribution in [1.82, 2.24) is 0 Å². The molecule has 0 saturated carbocycles. The largest absolute Gasteiger partial charge is 0.484 e. The van der Waals surface area contributed by atoms with Gasteiger partial charge in [-0.15, -0.1) is 0 Å². The van der Waals surface area contributed by atoms with Crippen molar-refractivity contribution in [2.45, 2.75) is 20.0 Å². The summed E-state index contributed by atoms with van der Waals surface area (Å²) in [5, 5.41) is 2.43. The Hall–Kier alpha value is -3.29. The highest BCUT2D eigenvalue weighted by atomic mass is 19.4. The third-order valence-electron chi connectivity index (χ3n) is 4.05. The summed E-state index contributed by atoms with van der Waals surface area (Å²) in [5.41, 5.74) is 0.108. The maximum Gasteiger partial charge on any atom is 0.417 e. The second-order valence-electron chi connectivity index (χ2n) is 6.29. The predicted octanol–water partition coefficient (Wildman–Crippen LogP) is 4.45. The van der Waals surface area contributed by atoms with Crippen LogP contribution in [0.1, 0.15) is 16.7 Å². The summed E-state index contributed by atoms with van der Waals surface area (Å²) >= 11 is 0. The lowest BCUT2D eigenvalue weighted by molar-refractivity contribution is -0.136. The Bertz CT molecular complexity index is 1100. The molecule has 0 saturated heterocycles. The fraction of sp³-hybridized carbons (Fsp3) is 0.200. The number of amides is 1. The zero-order chi connectivity index (χ0) is 20.5. The van der Waals surface area contributed by atoms with Gasteiger partial charge in [-0.2, -0.15) is 13.2 Å². The van der Waals surface area contributed by atoms with E-state index in [1.165, 1.54) is 6.07 Å². The Morgan fingerprint density at radius 3 is 2.54 bits per heavy atom. The predicted molar refractivity (Wildman–Crippen MR) is 97.5 cm³/mol. The van der Waals surface area contributed by atoms with Gasteiger partial charge in [-0.1, -0.05) is 17.7 Å². The average Bonchev–Trinajstić information content (AvgIpc) is 2.60. The van der Waals surface area contributed by atoms with Gasteiger partial charge in [0.25, 0.3) is 5.91 Å². The van der Waals surface area contributed by atoms with Crippen molar-refractivity contribution < 1.29 is 27.1 Å². The number of alkyl halides is 3. The second kappa shape index (κ2) is 7.38. The quantitative estimate of drug-likeness (QED) is 0.668. The highest BCUT2D eigenvalue weighted by molar-refractivity contribution is 5.92. The molecule has 0 unspecified atom stereocenters. The first kappa shape index (κ1) is 19.5. The molecule has 8 heteroatoms. The van der Waals surface area contributed by atoms with E-state index in [-0.39, 0.29) is 23.3 Å². The second-order valence-corrected chi connectivity index (χ2v) is 6.29. The van der Waals surface area contributed by atoms with Crippen molar-refractivity contribution >= 4 is 22.6 Å². The van der Waals surface area contributed by atoms with E-state index in [1.807, 2.05) is 26.0 Å². The van der Waals surface area contributed by atoms with Crippen LogP contribution in [0.3, 0.4) is 0 Å². The maximum atomic E-state index is 13.1. The molecule has 0 aliphatic rings. The highest BCUT2D eigenvalue weighted by Crippen LogP contribution is 2.34. The Labute approximate surface area is 157 Å². The molecule has 3 aromatic rings. The molecule has 3 rings (SSSR count). The van der Waals surface area contributed by atoms with Crippen LogP contribution < -0.4 is 15.7 Å². The molecule has 146 valence electrons. The van der Waals surface area contributed by atoms with Crippen LogP contribution in [0.5, 0.6) is 5.75 Å². The van der Waals surface area contributed by atoms with Gasteiger partial charge in [0.2, 0.25) is 0 Å². The van der Waals surface area contributed by atoms with E-state index < -0.39 is 23.3 Å². The summed E-state index contributed by atoms with van der Waals surface area (Å²) in [6.07, 6.45) is -4.69. The van der Waals surface area contributed by atoms with Crippen LogP contribution in [0, 0.1) is 13.8 Å². The number of fused-ring (bicyclic) bond motifs is 1. The molecule has 0 spiro atoms. The Balaban J connectivity index is 1.76. The van der Waals surface area contributed by atoms with Crippen molar-refractivity contribution in [2.75, 3.05) is 11.9 Å². The molecule has 1 aromatic heterocycles. The number of nitrogens with one attached hydrogen (secondary N) is 1. The summed E-state index contributed by atoms with van der Waals surface area (Å²) in [5.74, 6) is -0.330. The smallest absolute Gasteiger partial charge is 0.417 e. The molecule has 1 heterocycles. The van der Waals surface area contributed by atoms with E-state index in [1.54, 1.807) is 6.07 Å². The van der Waals surface area contributed by atoms with Crippen LogP contribution in [0.25, 0.3) is 11.0 Å². The summed E-state index contributed by atoms with van der Waals surface area (Å²) < 4.78 is 49.3. The number of carbonyl (C=O) groups excluding carboxylic acids is 1. The molecule has 0 aliphatic carbocycles. The van der Waals surface area contributed by atoms with Crippen LogP contribution in [0.2, 0.25) is 0 Å². The number of benzene rings is 2. The van der Waals surface area contributed by atoms with Crippen LogP contribution in [-0.2, 0) is 11.0 Å². The normalized spacial score (nSPS) is 11.5. The molecule has 0 aliphatic heterocycles. The SMILES string of the molecule is Cc1ccc(NC(=O)COc2ccc3c(C(F)(F)F)cc(=O)oc3c2)c(C)c1. The van der Waals surface area contributed by atoms with Crippen molar-refractivity contribution in [3.63, 3.8) is 0 Å². The van der Waals surface area contributed by atoms with Gasteiger partial charge in [0.1, 0.15) is 11.3 Å². The lowest BCUT2D eigenvalue weighted by Crippen LogP contribution is -2.20. The maximum absolute atomic E-state index is 13.1. The van der Waals surface area contributed by atoms with Crippen molar-refractivity contribution in [2.24, 2.45) is 0 Å². The summed E-state index contributed by atoms with van der Waals surface area (Å²) in [7, 11) is 0. The van der Waals surface area contributed by atoms with Gasteiger partial charge >= 0.3 is 11.8 Å². The van der Waals surface area contributed by atoms with E-state index in [0.29, 0.717) is 11.8 Å². The fourth-order valence-electron chi connectivity index (χ4n) is 2.76. The van der Waals surface area contributed by atoms with Gasteiger partial charge in [-0.3, -0.25) is 4.79 Å². The number of carbonyl (C=O) groups is 1. The first-order valence-corrected chi connectivity index (χ1v) is 8.28. The summed E-state index contributed by atoms with van der Waals surface area (Å²) in [6.45, 7) is 3.43. The van der Waals surface area contributed by atoms with E-state index in [2.05, 4.69) is 5.32 Å². The molecule has 1 amide bonds.